The maximum atomic E-state index is 12.8. The van der Waals surface area contributed by atoms with E-state index in [1.807, 2.05) is 0 Å². The van der Waals surface area contributed by atoms with Gasteiger partial charge in [-0.2, -0.15) is 13.2 Å². The van der Waals surface area contributed by atoms with Crippen molar-refractivity contribution in [2.45, 2.75) is 6.18 Å². The van der Waals surface area contributed by atoms with Crippen LogP contribution in [0.4, 0.5) is 18.9 Å². The lowest BCUT2D eigenvalue weighted by molar-refractivity contribution is -0.385. The van der Waals surface area contributed by atoms with Crippen molar-refractivity contribution in [2.24, 2.45) is 5.16 Å². The van der Waals surface area contributed by atoms with Crippen LogP contribution in [0.3, 0.4) is 0 Å². The molecule has 0 aliphatic heterocycles. The van der Waals surface area contributed by atoms with Gasteiger partial charge in [0.25, 0.3) is 5.69 Å². The van der Waals surface area contributed by atoms with Gasteiger partial charge in [-0.05, 0) is 30.3 Å². The first-order chi connectivity index (χ1) is 15.1. The number of nitro groups is 1. The lowest BCUT2D eigenvalue weighted by atomic mass is 10.1. The van der Waals surface area contributed by atoms with E-state index in [-0.39, 0.29) is 40.1 Å². The molecule has 0 aromatic heterocycles. The summed E-state index contributed by atoms with van der Waals surface area (Å²) in [6.45, 7) is -0.776. The van der Waals surface area contributed by atoms with Gasteiger partial charge >= 0.3 is 12.1 Å². The minimum Gasteiger partial charge on any atom is -0.466 e. The van der Waals surface area contributed by atoms with Crippen LogP contribution in [0.2, 0.25) is 5.02 Å². The molecule has 0 bridgehead atoms. The van der Waals surface area contributed by atoms with Gasteiger partial charge in [-0.1, -0.05) is 16.8 Å². The molecule has 0 spiro atoms. The summed E-state index contributed by atoms with van der Waals surface area (Å²) in [5.74, 6) is -0.815. The highest BCUT2D eigenvalue weighted by Gasteiger charge is 2.31. The second kappa shape index (κ2) is 10.8. The van der Waals surface area contributed by atoms with Gasteiger partial charge in [0.2, 0.25) is 6.61 Å². The molecule has 13 heteroatoms. The zero-order valence-corrected chi connectivity index (χ0v) is 17.4. The molecule has 0 N–H and O–H groups in total. The third-order valence-electron chi connectivity index (χ3n) is 3.83. The number of rotatable bonds is 9. The Balaban J connectivity index is 2.41. The predicted molar refractivity (Wildman–Crippen MR) is 106 cm³/mol. The Labute approximate surface area is 184 Å². The molecule has 32 heavy (non-hydrogen) atoms. The van der Waals surface area contributed by atoms with E-state index in [4.69, 9.17) is 25.9 Å². The lowest BCUT2D eigenvalue weighted by Crippen LogP contribution is -2.14. The van der Waals surface area contributed by atoms with E-state index < -0.39 is 29.2 Å². The number of benzene rings is 2. The highest BCUT2D eigenvalue weighted by Crippen LogP contribution is 2.37. The number of nitrogens with zero attached hydrogens (tertiary/aromatic N) is 2. The standard InChI is InChI=1S/C19H16ClF3N2O7/c1-29-9-15(24-31-10-18(26)30-2)13-8-12(4-5-16(13)25(27)28)32-17-6-3-11(7-14(17)20)19(21,22)23/h3-8H,9-10H2,1-2H3. The summed E-state index contributed by atoms with van der Waals surface area (Å²) in [6, 6.07) is 6.05. The van der Waals surface area contributed by atoms with Crippen molar-refractivity contribution >= 4 is 29.0 Å². The number of ether oxygens (including phenoxy) is 3. The molecule has 0 fully saturated rings. The molecular formula is C19H16ClF3N2O7. The van der Waals surface area contributed by atoms with Crippen molar-refractivity contribution in [3.05, 3.63) is 62.7 Å². The smallest absolute Gasteiger partial charge is 0.416 e. The first-order valence-corrected chi connectivity index (χ1v) is 9.02. The third kappa shape index (κ3) is 6.56. The molecule has 2 aromatic carbocycles. The molecule has 172 valence electrons. The van der Waals surface area contributed by atoms with Crippen molar-refractivity contribution < 1.29 is 41.9 Å². The maximum absolute atomic E-state index is 12.8. The molecule has 0 atom stereocenters. The number of oxime groups is 1. The number of esters is 1. The van der Waals surface area contributed by atoms with Crippen LogP contribution < -0.4 is 4.74 Å². The second-order valence-corrected chi connectivity index (χ2v) is 6.41. The number of hydrogen-bond acceptors (Lipinski definition) is 8. The lowest BCUT2D eigenvalue weighted by Gasteiger charge is -2.12. The van der Waals surface area contributed by atoms with Crippen LogP contribution in [0.15, 0.2) is 41.6 Å². The number of alkyl halides is 3. The summed E-state index contributed by atoms with van der Waals surface area (Å²) in [5, 5.41) is 14.8. The van der Waals surface area contributed by atoms with Crippen molar-refractivity contribution in [1.82, 2.24) is 0 Å². The largest absolute Gasteiger partial charge is 0.466 e. The molecular weight excluding hydrogens is 461 g/mol. The molecule has 0 saturated carbocycles. The van der Waals surface area contributed by atoms with E-state index in [2.05, 4.69) is 9.89 Å². The summed E-state index contributed by atoms with van der Waals surface area (Å²) in [5.41, 5.74) is -1.46. The topological polar surface area (TPSA) is 109 Å². The second-order valence-electron chi connectivity index (χ2n) is 6.00. The number of carbonyl (C=O) groups is 1. The number of hydrogen-bond donors (Lipinski definition) is 0. The Morgan fingerprint density at radius 3 is 2.44 bits per heavy atom. The van der Waals surface area contributed by atoms with Gasteiger partial charge in [0.05, 0.1) is 34.8 Å². The van der Waals surface area contributed by atoms with Crippen LogP contribution in [-0.4, -0.2) is 44.0 Å². The van der Waals surface area contributed by atoms with Gasteiger partial charge < -0.3 is 19.0 Å². The number of methoxy groups -OCH3 is 2. The van der Waals surface area contributed by atoms with Crippen LogP contribution in [0, 0.1) is 10.1 Å². The van der Waals surface area contributed by atoms with Crippen molar-refractivity contribution in [1.29, 1.82) is 0 Å². The minimum atomic E-state index is -4.58. The average Bonchev–Trinajstić information content (AvgIpc) is 2.73. The Morgan fingerprint density at radius 2 is 1.88 bits per heavy atom. The van der Waals surface area contributed by atoms with E-state index >= 15 is 0 Å². The Bertz CT molecular complexity index is 1030. The van der Waals surface area contributed by atoms with Crippen LogP contribution in [0.5, 0.6) is 11.5 Å². The average molecular weight is 477 g/mol. The molecule has 9 nitrogen and oxygen atoms in total. The first-order valence-electron chi connectivity index (χ1n) is 8.64. The SMILES string of the molecule is COCC(=NOCC(=O)OC)c1cc(Oc2ccc(C(F)(F)F)cc2Cl)ccc1[N+](=O)[O-]. The van der Waals surface area contributed by atoms with Crippen molar-refractivity contribution in [3.63, 3.8) is 0 Å². The van der Waals surface area contributed by atoms with Gasteiger partial charge in [-0.3, -0.25) is 10.1 Å². The highest BCUT2D eigenvalue weighted by atomic mass is 35.5. The van der Waals surface area contributed by atoms with E-state index in [9.17, 15) is 28.1 Å². The molecule has 0 amide bonds. The highest BCUT2D eigenvalue weighted by molar-refractivity contribution is 6.32. The van der Waals surface area contributed by atoms with E-state index in [0.717, 1.165) is 25.3 Å². The van der Waals surface area contributed by atoms with Crippen molar-refractivity contribution in [2.75, 3.05) is 27.4 Å². The normalized spacial score (nSPS) is 11.8. The fourth-order valence-electron chi connectivity index (χ4n) is 2.37. The fourth-order valence-corrected chi connectivity index (χ4v) is 2.59. The number of nitro benzene ring substituents is 1. The Hall–Kier alpha value is -3.38. The van der Waals surface area contributed by atoms with Crippen LogP contribution in [0.1, 0.15) is 11.1 Å². The molecule has 2 aromatic rings. The summed E-state index contributed by atoms with van der Waals surface area (Å²) in [6.07, 6.45) is -4.58. The summed E-state index contributed by atoms with van der Waals surface area (Å²) in [7, 11) is 2.45. The monoisotopic (exact) mass is 476 g/mol. The van der Waals surface area contributed by atoms with Crippen LogP contribution in [0.25, 0.3) is 0 Å². The molecule has 0 radical (unpaired) electrons. The molecule has 0 unspecified atom stereocenters. The third-order valence-corrected chi connectivity index (χ3v) is 4.12. The Morgan fingerprint density at radius 1 is 1.16 bits per heavy atom. The van der Waals surface area contributed by atoms with Gasteiger partial charge in [0.15, 0.2) is 0 Å². The summed E-state index contributed by atoms with van der Waals surface area (Å²) >= 11 is 5.89. The maximum Gasteiger partial charge on any atom is 0.416 e. The first kappa shape index (κ1) is 24.9. The van der Waals surface area contributed by atoms with E-state index in [0.29, 0.717) is 6.07 Å². The van der Waals surface area contributed by atoms with E-state index in [1.165, 1.54) is 19.2 Å². The van der Waals surface area contributed by atoms with Gasteiger partial charge in [-0.15, -0.1) is 0 Å². The zero-order valence-electron chi connectivity index (χ0n) is 16.6. The van der Waals surface area contributed by atoms with Crippen molar-refractivity contribution in [3.8, 4) is 11.5 Å². The Kier molecular flexibility index (Phi) is 8.38. The zero-order chi connectivity index (χ0) is 23.9. The van der Waals surface area contributed by atoms with Gasteiger partial charge in [-0.25, -0.2) is 4.79 Å². The van der Waals surface area contributed by atoms with Crippen LogP contribution >= 0.6 is 11.6 Å². The molecule has 0 heterocycles. The van der Waals surface area contributed by atoms with Crippen LogP contribution in [-0.2, 0) is 25.3 Å². The quantitative estimate of drug-likeness (QED) is 0.225. The summed E-state index contributed by atoms with van der Waals surface area (Å²) < 4.78 is 53.3. The summed E-state index contributed by atoms with van der Waals surface area (Å²) in [4.78, 5) is 26.8. The van der Waals surface area contributed by atoms with Gasteiger partial charge in [0, 0.05) is 13.2 Å². The van der Waals surface area contributed by atoms with E-state index in [1.54, 1.807) is 0 Å². The fraction of sp³-hybridized carbons (Fsp3) is 0.263. The molecule has 0 aliphatic carbocycles. The molecule has 0 aliphatic rings. The molecule has 2 rings (SSSR count). The molecule has 0 saturated heterocycles. The number of halogens is 4. The number of carbonyl (C=O) groups excluding carboxylic acids is 1. The predicted octanol–water partition coefficient (Wildman–Crippen LogP) is 4.60. The van der Waals surface area contributed by atoms with Gasteiger partial charge in [0.1, 0.15) is 17.2 Å². The minimum absolute atomic E-state index is 0.0176.